The van der Waals surface area contributed by atoms with E-state index in [1.54, 1.807) is 18.2 Å². The van der Waals surface area contributed by atoms with Crippen LogP contribution in [0.2, 0.25) is 0 Å². The summed E-state index contributed by atoms with van der Waals surface area (Å²) < 4.78 is 5.73. The van der Waals surface area contributed by atoms with E-state index in [1.807, 2.05) is 25.1 Å². The first kappa shape index (κ1) is 18.5. The standard InChI is InChI=1S/C20H25N3O2/c1-3-4-5-6-7-13-25-17-10-8-9-16(14-17)23-20(24)18-12-11-15(2)22-19(18)21/h4-5,8-12,14H,3,6-7,13H2,1-2H3,(H2,21,22)(H,23,24). The zero-order valence-corrected chi connectivity index (χ0v) is 14.8. The molecule has 3 N–H and O–H groups in total. The third-order valence-electron chi connectivity index (χ3n) is 3.59. The van der Waals surface area contributed by atoms with Gasteiger partial charge in [-0.15, -0.1) is 0 Å². The SMILES string of the molecule is CCC=CCCCOc1cccc(NC(=O)c2ccc(C)nc2N)c1. The predicted octanol–water partition coefficient (Wildman–Crippen LogP) is 4.35. The molecule has 1 aromatic carbocycles. The van der Waals surface area contributed by atoms with E-state index in [0.29, 0.717) is 17.9 Å². The highest BCUT2D eigenvalue weighted by molar-refractivity contribution is 6.07. The Morgan fingerprint density at radius 1 is 1.28 bits per heavy atom. The molecule has 0 fully saturated rings. The van der Waals surface area contributed by atoms with Crippen LogP contribution in [0, 0.1) is 6.92 Å². The molecule has 0 bridgehead atoms. The number of ether oxygens (including phenoxy) is 1. The summed E-state index contributed by atoms with van der Waals surface area (Å²) in [7, 11) is 0. The van der Waals surface area contributed by atoms with Crippen molar-refractivity contribution in [3.63, 3.8) is 0 Å². The molecule has 1 amide bonds. The highest BCUT2D eigenvalue weighted by Crippen LogP contribution is 2.19. The third kappa shape index (κ3) is 5.95. The van der Waals surface area contributed by atoms with Gasteiger partial charge in [0.15, 0.2) is 0 Å². The summed E-state index contributed by atoms with van der Waals surface area (Å²) in [5.41, 5.74) is 7.62. The van der Waals surface area contributed by atoms with E-state index in [0.717, 1.165) is 30.7 Å². The van der Waals surface area contributed by atoms with Crippen molar-refractivity contribution in [1.82, 2.24) is 4.98 Å². The average molecular weight is 339 g/mol. The van der Waals surface area contributed by atoms with Crippen molar-refractivity contribution in [3.8, 4) is 5.75 Å². The number of unbranched alkanes of at least 4 members (excludes halogenated alkanes) is 1. The number of aryl methyl sites for hydroxylation is 1. The molecule has 0 saturated carbocycles. The summed E-state index contributed by atoms with van der Waals surface area (Å²) in [4.78, 5) is 16.5. The molecular formula is C20H25N3O2. The Kier molecular flexibility index (Phi) is 7.01. The first-order valence-electron chi connectivity index (χ1n) is 8.52. The summed E-state index contributed by atoms with van der Waals surface area (Å²) >= 11 is 0. The van der Waals surface area contributed by atoms with Crippen molar-refractivity contribution >= 4 is 17.4 Å². The summed E-state index contributed by atoms with van der Waals surface area (Å²) in [6.45, 7) is 4.59. The number of aromatic nitrogens is 1. The van der Waals surface area contributed by atoms with E-state index in [-0.39, 0.29) is 11.7 Å². The zero-order valence-electron chi connectivity index (χ0n) is 14.8. The molecule has 0 aliphatic heterocycles. The van der Waals surface area contributed by atoms with Gasteiger partial charge in [0, 0.05) is 17.4 Å². The monoisotopic (exact) mass is 339 g/mol. The summed E-state index contributed by atoms with van der Waals surface area (Å²) in [6, 6.07) is 10.8. The quantitative estimate of drug-likeness (QED) is 0.554. The van der Waals surface area contributed by atoms with Crippen LogP contribution < -0.4 is 15.8 Å². The maximum Gasteiger partial charge on any atom is 0.259 e. The Hall–Kier alpha value is -2.82. The van der Waals surface area contributed by atoms with E-state index in [1.165, 1.54) is 0 Å². The summed E-state index contributed by atoms with van der Waals surface area (Å²) in [6.07, 6.45) is 7.34. The van der Waals surface area contributed by atoms with Crippen molar-refractivity contribution in [2.45, 2.75) is 33.1 Å². The van der Waals surface area contributed by atoms with Crippen molar-refractivity contribution < 1.29 is 9.53 Å². The number of rotatable bonds is 8. The number of nitrogens with two attached hydrogens (primary N) is 1. The van der Waals surface area contributed by atoms with Crippen LogP contribution in [0.5, 0.6) is 5.75 Å². The maximum absolute atomic E-state index is 12.3. The molecule has 1 heterocycles. The summed E-state index contributed by atoms with van der Waals surface area (Å²) in [5.74, 6) is 0.671. The Balaban J connectivity index is 1.92. The fraction of sp³-hybridized carbons (Fsp3) is 0.300. The van der Waals surface area contributed by atoms with Gasteiger partial charge in [0.05, 0.1) is 12.2 Å². The second-order valence-corrected chi connectivity index (χ2v) is 5.74. The first-order valence-corrected chi connectivity index (χ1v) is 8.52. The van der Waals surface area contributed by atoms with Gasteiger partial charge in [-0.25, -0.2) is 4.98 Å². The Morgan fingerprint density at radius 2 is 2.12 bits per heavy atom. The fourth-order valence-electron chi connectivity index (χ4n) is 2.31. The minimum absolute atomic E-state index is 0.227. The van der Waals surface area contributed by atoms with Crippen LogP contribution >= 0.6 is 0 Å². The van der Waals surface area contributed by atoms with Gasteiger partial charge in [0.25, 0.3) is 5.91 Å². The lowest BCUT2D eigenvalue weighted by Crippen LogP contribution is -2.15. The molecule has 0 spiro atoms. The third-order valence-corrected chi connectivity index (χ3v) is 3.59. The number of benzene rings is 1. The number of hydrogen-bond acceptors (Lipinski definition) is 4. The molecule has 1 aromatic heterocycles. The molecule has 25 heavy (non-hydrogen) atoms. The molecule has 0 unspecified atom stereocenters. The minimum atomic E-state index is -0.285. The van der Waals surface area contributed by atoms with Crippen molar-refractivity contribution in [1.29, 1.82) is 0 Å². The van der Waals surface area contributed by atoms with Crippen molar-refractivity contribution in [3.05, 3.63) is 59.8 Å². The number of nitrogens with one attached hydrogen (secondary N) is 1. The highest BCUT2D eigenvalue weighted by Gasteiger charge is 2.11. The lowest BCUT2D eigenvalue weighted by atomic mass is 10.2. The second kappa shape index (κ2) is 9.47. The fourth-order valence-corrected chi connectivity index (χ4v) is 2.31. The van der Waals surface area contributed by atoms with E-state index in [4.69, 9.17) is 10.5 Å². The number of amides is 1. The zero-order chi connectivity index (χ0) is 18.1. The molecule has 0 aliphatic rings. The minimum Gasteiger partial charge on any atom is -0.494 e. The molecule has 5 heteroatoms. The van der Waals surface area contributed by atoms with Gasteiger partial charge in [-0.1, -0.05) is 25.1 Å². The summed E-state index contributed by atoms with van der Waals surface area (Å²) in [5, 5.41) is 2.83. The van der Waals surface area contributed by atoms with Crippen LogP contribution in [-0.2, 0) is 0 Å². The number of allylic oxidation sites excluding steroid dienone is 2. The highest BCUT2D eigenvalue weighted by atomic mass is 16.5. The number of carbonyl (C=O) groups excluding carboxylic acids is 1. The van der Waals surface area contributed by atoms with E-state index in [2.05, 4.69) is 29.4 Å². The first-order chi connectivity index (χ1) is 12.1. The molecule has 2 rings (SSSR count). The van der Waals surface area contributed by atoms with Gasteiger partial charge in [-0.05, 0) is 50.5 Å². The normalized spacial score (nSPS) is 10.8. The van der Waals surface area contributed by atoms with Crippen LogP contribution in [0.4, 0.5) is 11.5 Å². The molecule has 0 aliphatic carbocycles. The molecule has 5 nitrogen and oxygen atoms in total. The van der Waals surface area contributed by atoms with E-state index < -0.39 is 0 Å². The number of nitrogen functional groups attached to an aromatic ring is 1. The Labute approximate surface area is 148 Å². The van der Waals surface area contributed by atoms with E-state index >= 15 is 0 Å². The molecule has 0 atom stereocenters. The Morgan fingerprint density at radius 3 is 2.88 bits per heavy atom. The smallest absolute Gasteiger partial charge is 0.259 e. The van der Waals surface area contributed by atoms with Crippen LogP contribution in [0.3, 0.4) is 0 Å². The van der Waals surface area contributed by atoms with Gasteiger partial charge >= 0.3 is 0 Å². The van der Waals surface area contributed by atoms with Gasteiger partial charge in [0.1, 0.15) is 11.6 Å². The number of hydrogen-bond donors (Lipinski definition) is 2. The molecule has 0 radical (unpaired) electrons. The Bertz CT molecular complexity index is 741. The molecule has 2 aromatic rings. The second-order valence-electron chi connectivity index (χ2n) is 5.74. The number of nitrogens with zero attached hydrogens (tertiary/aromatic N) is 1. The van der Waals surface area contributed by atoms with Gasteiger partial charge in [-0.2, -0.15) is 0 Å². The van der Waals surface area contributed by atoms with Crippen LogP contribution in [0.25, 0.3) is 0 Å². The van der Waals surface area contributed by atoms with Crippen LogP contribution in [0.1, 0.15) is 42.2 Å². The number of anilines is 2. The van der Waals surface area contributed by atoms with Gasteiger partial charge < -0.3 is 15.8 Å². The van der Waals surface area contributed by atoms with Crippen LogP contribution in [0.15, 0.2) is 48.6 Å². The largest absolute Gasteiger partial charge is 0.494 e. The topological polar surface area (TPSA) is 77.2 Å². The average Bonchev–Trinajstić information content (AvgIpc) is 2.58. The molecular weight excluding hydrogens is 314 g/mol. The maximum atomic E-state index is 12.3. The lowest BCUT2D eigenvalue weighted by molar-refractivity contribution is 0.102. The lowest BCUT2D eigenvalue weighted by Gasteiger charge is -2.10. The number of pyridine rings is 1. The van der Waals surface area contributed by atoms with Crippen LogP contribution in [-0.4, -0.2) is 17.5 Å². The van der Waals surface area contributed by atoms with E-state index in [9.17, 15) is 4.79 Å². The molecule has 132 valence electrons. The predicted molar refractivity (Wildman–Crippen MR) is 102 cm³/mol. The van der Waals surface area contributed by atoms with Gasteiger partial charge in [0.2, 0.25) is 0 Å². The molecule has 0 saturated heterocycles. The number of carbonyl (C=O) groups is 1. The van der Waals surface area contributed by atoms with Crippen molar-refractivity contribution in [2.75, 3.05) is 17.7 Å². The van der Waals surface area contributed by atoms with Gasteiger partial charge in [-0.3, -0.25) is 4.79 Å². The van der Waals surface area contributed by atoms with Crippen molar-refractivity contribution in [2.24, 2.45) is 0 Å².